The molecule has 4 nitrogen and oxygen atoms in total. The van der Waals surface area contributed by atoms with Gasteiger partial charge in [-0.05, 0) is 28.1 Å². The molecule has 0 aliphatic heterocycles. The summed E-state index contributed by atoms with van der Waals surface area (Å²) in [7, 11) is 2.74. The molecule has 1 aromatic carbocycles. The van der Waals surface area contributed by atoms with Crippen molar-refractivity contribution in [3.05, 3.63) is 27.7 Å². The highest BCUT2D eigenvalue weighted by Gasteiger charge is 2.14. The van der Waals surface area contributed by atoms with E-state index in [2.05, 4.69) is 20.7 Å². The van der Waals surface area contributed by atoms with Crippen LogP contribution in [-0.4, -0.2) is 20.2 Å². The van der Waals surface area contributed by atoms with E-state index in [1.54, 1.807) is 6.07 Å². The van der Waals surface area contributed by atoms with Crippen molar-refractivity contribution >= 4 is 21.9 Å². The van der Waals surface area contributed by atoms with Crippen molar-refractivity contribution in [2.24, 2.45) is 0 Å². The van der Waals surface area contributed by atoms with E-state index in [1.165, 1.54) is 20.3 Å². The number of esters is 1. The Labute approximate surface area is 95.5 Å². The third kappa shape index (κ3) is 2.28. The summed E-state index contributed by atoms with van der Waals surface area (Å²) in [5.41, 5.74) is 0.593. The van der Waals surface area contributed by atoms with Crippen LogP contribution in [0, 0.1) is 11.3 Å². The van der Waals surface area contributed by atoms with Crippen molar-refractivity contribution in [1.82, 2.24) is 0 Å². The molecule has 5 heteroatoms. The molecule has 1 rings (SSSR count). The molecule has 0 aromatic heterocycles. The van der Waals surface area contributed by atoms with Gasteiger partial charge in [0.25, 0.3) is 0 Å². The normalized spacial score (nSPS) is 9.20. The number of methoxy groups -OCH3 is 2. The van der Waals surface area contributed by atoms with Crippen molar-refractivity contribution in [2.45, 2.75) is 0 Å². The Bertz CT molecular complexity index is 437. The van der Waals surface area contributed by atoms with Gasteiger partial charge in [-0.3, -0.25) is 0 Å². The summed E-state index contributed by atoms with van der Waals surface area (Å²) in [5.74, 6) is -0.0851. The zero-order valence-corrected chi connectivity index (χ0v) is 9.79. The van der Waals surface area contributed by atoms with Crippen LogP contribution < -0.4 is 4.74 Å². The molecule has 0 aliphatic carbocycles. The molecule has 0 amide bonds. The molecular weight excluding hydrogens is 262 g/mol. The number of halogens is 1. The summed E-state index contributed by atoms with van der Waals surface area (Å²) in [6.07, 6.45) is 0. The standard InChI is InChI=1S/C10H8BrNO3/c1-14-9-4-8(11)7(10(13)15-2)3-6(9)5-12/h3-4H,1-2H3. The van der Waals surface area contributed by atoms with Gasteiger partial charge in [0, 0.05) is 4.47 Å². The Morgan fingerprint density at radius 3 is 2.60 bits per heavy atom. The van der Waals surface area contributed by atoms with Crippen molar-refractivity contribution in [3.8, 4) is 11.8 Å². The fourth-order valence-electron chi connectivity index (χ4n) is 1.08. The van der Waals surface area contributed by atoms with Crippen LogP contribution in [0.3, 0.4) is 0 Å². The lowest BCUT2D eigenvalue weighted by Crippen LogP contribution is -2.03. The van der Waals surface area contributed by atoms with Crippen LogP contribution in [0.1, 0.15) is 15.9 Å². The third-order valence-corrected chi connectivity index (χ3v) is 2.47. The van der Waals surface area contributed by atoms with Crippen LogP contribution in [0.25, 0.3) is 0 Å². The van der Waals surface area contributed by atoms with E-state index in [1.807, 2.05) is 6.07 Å². The Kier molecular flexibility index (Phi) is 3.69. The Hall–Kier alpha value is -1.54. The summed E-state index contributed by atoms with van der Waals surface area (Å²) in [6, 6.07) is 4.93. The highest BCUT2D eigenvalue weighted by Crippen LogP contribution is 2.27. The minimum atomic E-state index is -0.499. The van der Waals surface area contributed by atoms with Crippen molar-refractivity contribution in [2.75, 3.05) is 14.2 Å². The number of benzene rings is 1. The van der Waals surface area contributed by atoms with Gasteiger partial charge in [0.05, 0.1) is 25.3 Å². The fourth-order valence-corrected chi connectivity index (χ4v) is 1.56. The maximum absolute atomic E-state index is 11.3. The molecule has 0 radical (unpaired) electrons. The SMILES string of the molecule is COC(=O)c1cc(C#N)c(OC)cc1Br. The predicted molar refractivity (Wildman–Crippen MR) is 56.7 cm³/mol. The lowest BCUT2D eigenvalue weighted by Gasteiger charge is -2.07. The molecule has 0 unspecified atom stereocenters. The van der Waals surface area contributed by atoms with Gasteiger partial charge in [-0.15, -0.1) is 0 Å². The van der Waals surface area contributed by atoms with E-state index in [-0.39, 0.29) is 0 Å². The molecule has 0 aliphatic rings. The van der Waals surface area contributed by atoms with Gasteiger partial charge < -0.3 is 9.47 Å². The monoisotopic (exact) mass is 269 g/mol. The average molecular weight is 270 g/mol. The first kappa shape index (κ1) is 11.5. The second-order valence-electron chi connectivity index (χ2n) is 2.64. The Morgan fingerprint density at radius 1 is 1.47 bits per heavy atom. The van der Waals surface area contributed by atoms with Crippen LogP contribution in [0.15, 0.2) is 16.6 Å². The zero-order chi connectivity index (χ0) is 11.4. The van der Waals surface area contributed by atoms with Gasteiger partial charge in [-0.2, -0.15) is 5.26 Å². The first-order valence-corrected chi connectivity index (χ1v) is 4.79. The predicted octanol–water partition coefficient (Wildman–Crippen LogP) is 2.12. The lowest BCUT2D eigenvalue weighted by atomic mass is 10.1. The molecule has 0 saturated heterocycles. The molecule has 0 heterocycles. The smallest absolute Gasteiger partial charge is 0.339 e. The Balaban J connectivity index is 3.33. The number of nitrogens with zero attached hydrogens (tertiary/aromatic N) is 1. The number of nitriles is 1. The maximum Gasteiger partial charge on any atom is 0.339 e. The van der Waals surface area contributed by atoms with Gasteiger partial charge in [0.1, 0.15) is 11.8 Å². The number of carbonyl (C=O) groups excluding carboxylic acids is 1. The second kappa shape index (κ2) is 4.80. The molecule has 0 atom stereocenters. The minimum absolute atomic E-state index is 0.293. The molecule has 0 bridgehead atoms. The quantitative estimate of drug-likeness (QED) is 0.772. The van der Waals surface area contributed by atoms with Gasteiger partial charge in [0.2, 0.25) is 0 Å². The van der Waals surface area contributed by atoms with Gasteiger partial charge in [-0.1, -0.05) is 0 Å². The number of hydrogen-bond acceptors (Lipinski definition) is 4. The van der Waals surface area contributed by atoms with E-state index in [0.717, 1.165) is 0 Å². The Morgan fingerprint density at radius 2 is 2.13 bits per heavy atom. The molecular formula is C10H8BrNO3. The number of ether oxygens (including phenoxy) is 2. The highest BCUT2D eigenvalue weighted by molar-refractivity contribution is 9.10. The lowest BCUT2D eigenvalue weighted by molar-refractivity contribution is 0.0599. The van der Waals surface area contributed by atoms with Crippen LogP contribution in [0.2, 0.25) is 0 Å². The molecule has 0 N–H and O–H groups in total. The van der Waals surface area contributed by atoms with E-state index in [9.17, 15) is 4.79 Å². The van der Waals surface area contributed by atoms with E-state index >= 15 is 0 Å². The molecule has 0 spiro atoms. The van der Waals surface area contributed by atoms with Crippen molar-refractivity contribution in [3.63, 3.8) is 0 Å². The van der Waals surface area contributed by atoms with Crippen molar-refractivity contribution in [1.29, 1.82) is 5.26 Å². The molecule has 1 aromatic rings. The number of rotatable bonds is 2. The van der Waals surface area contributed by atoms with E-state index in [0.29, 0.717) is 21.3 Å². The van der Waals surface area contributed by atoms with Crippen LogP contribution >= 0.6 is 15.9 Å². The topological polar surface area (TPSA) is 59.3 Å². The summed E-state index contributed by atoms with van der Waals surface area (Å²) < 4.78 is 10.1. The van der Waals surface area contributed by atoms with Crippen LogP contribution in [0.5, 0.6) is 5.75 Å². The first-order chi connectivity index (χ1) is 7.13. The number of carbonyl (C=O) groups is 1. The number of hydrogen-bond donors (Lipinski definition) is 0. The maximum atomic E-state index is 11.3. The molecule has 78 valence electrons. The van der Waals surface area contributed by atoms with Gasteiger partial charge in [0.15, 0.2) is 0 Å². The fraction of sp³-hybridized carbons (Fsp3) is 0.200. The van der Waals surface area contributed by atoms with Crippen LogP contribution in [-0.2, 0) is 4.74 Å². The average Bonchev–Trinajstić information content (AvgIpc) is 2.27. The second-order valence-corrected chi connectivity index (χ2v) is 3.49. The summed E-state index contributed by atoms with van der Waals surface area (Å²) in [6.45, 7) is 0. The van der Waals surface area contributed by atoms with Gasteiger partial charge in [-0.25, -0.2) is 4.79 Å². The first-order valence-electron chi connectivity index (χ1n) is 4.00. The third-order valence-electron chi connectivity index (χ3n) is 1.81. The highest BCUT2D eigenvalue weighted by atomic mass is 79.9. The molecule has 0 fully saturated rings. The molecule has 0 saturated carbocycles. The van der Waals surface area contributed by atoms with E-state index in [4.69, 9.17) is 10.00 Å². The summed E-state index contributed by atoms with van der Waals surface area (Å²) in [5, 5.41) is 8.82. The molecule has 15 heavy (non-hydrogen) atoms. The van der Waals surface area contributed by atoms with Gasteiger partial charge >= 0.3 is 5.97 Å². The summed E-state index contributed by atoms with van der Waals surface area (Å²) >= 11 is 3.20. The minimum Gasteiger partial charge on any atom is -0.495 e. The van der Waals surface area contributed by atoms with E-state index < -0.39 is 5.97 Å². The van der Waals surface area contributed by atoms with Crippen LogP contribution in [0.4, 0.5) is 0 Å². The van der Waals surface area contributed by atoms with Crippen molar-refractivity contribution < 1.29 is 14.3 Å². The summed E-state index contributed by atoms with van der Waals surface area (Å²) in [4.78, 5) is 11.3. The largest absolute Gasteiger partial charge is 0.495 e. The zero-order valence-electron chi connectivity index (χ0n) is 8.20.